The van der Waals surface area contributed by atoms with Crippen molar-refractivity contribution in [2.24, 2.45) is 0 Å². The van der Waals surface area contributed by atoms with Crippen LogP contribution in [0.15, 0.2) is 47.3 Å². The lowest BCUT2D eigenvalue weighted by Crippen LogP contribution is -2.19. The van der Waals surface area contributed by atoms with Gasteiger partial charge in [-0.05, 0) is 42.8 Å². The first-order chi connectivity index (χ1) is 11.4. The Morgan fingerprint density at radius 1 is 1.12 bits per heavy atom. The molecule has 2 amide bonds. The Balaban J connectivity index is 1.82. The number of aromatic nitrogens is 1. The van der Waals surface area contributed by atoms with Crippen molar-refractivity contribution in [1.82, 2.24) is 4.98 Å². The minimum absolute atomic E-state index is 0.0926. The van der Waals surface area contributed by atoms with Crippen LogP contribution in [0.4, 0.5) is 20.6 Å². The number of benzene rings is 2. The van der Waals surface area contributed by atoms with Crippen LogP contribution >= 0.6 is 11.6 Å². The average Bonchev–Trinajstić information content (AvgIpc) is 2.51. The number of nitrogens with one attached hydrogen (secondary N) is 3. The Labute approximate surface area is 141 Å². The van der Waals surface area contributed by atoms with Gasteiger partial charge in [-0.3, -0.25) is 4.79 Å². The Kier molecular flexibility index (Phi) is 4.22. The molecule has 0 fully saturated rings. The Morgan fingerprint density at radius 2 is 1.92 bits per heavy atom. The van der Waals surface area contributed by atoms with Crippen LogP contribution in [0.5, 0.6) is 0 Å². The number of pyridine rings is 1. The van der Waals surface area contributed by atoms with Crippen molar-refractivity contribution in [3.05, 3.63) is 69.2 Å². The first kappa shape index (κ1) is 16.0. The molecule has 7 heteroatoms. The van der Waals surface area contributed by atoms with E-state index in [1.54, 1.807) is 18.2 Å². The number of fused-ring (bicyclic) bond motifs is 1. The lowest BCUT2D eigenvalue weighted by molar-refractivity contribution is 0.262. The number of hydrogen-bond acceptors (Lipinski definition) is 2. The van der Waals surface area contributed by atoms with Crippen LogP contribution in [0.3, 0.4) is 0 Å². The lowest BCUT2D eigenvalue weighted by Gasteiger charge is -2.10. The van der Waals surface area contributed by atoms with Crippen LogP contribution in [0.1, 0.15) is 5.56 Å². The van der Waals surface area contributed by atoms with Crippen molar-refractivity contribution in [3.8, 4) is 0 Å². The summed E-state index contributed by atoms with van der Waals surface area (Å²) in [5, 5.41) is 6.02. The highest BCUT2D eigenvalue weighted by Crippen LogP contribution is 2.24. The maximum atomic E-state index is 14.0. The number of halogens is 2. The standard InChI is InChI=1S/C17H13ClFN3O2/c1-9-2-4-14(12(18)6-9)21-17(24)20-11-7-10-3-5-15(23)22-16(10)13(19)8-11/h2-8H,1H3,(H,22,23)(H2,20,21,24). The highest BCUT2D eigenvalue weighted by Gasteiger charge is 2.09. The molecule has 0 saturated carbocycles. The molecule has 0 atom stereocenters. The summed E-state index contributed by atoms with van der Waals surface area (Å²) in [6, 6.07) is 10.1. The lowest BCUT2D eigenvalue weighted by atomic mass is 10.2. The van der Waals surface area contributed by atoms with E-state index in [0.717, 1.165) is 11.6 Å². The molecule has 24 heavy (non-hydrogen) atoms. The van der Waals surface area contributed by atoms with Crippen molar-refractivity contribution in [3.63, 3.8) is 0 Å². The summed E-state index contributed by atoms with van der Waals surface area (Å²) in [5.41, 5.74) is 1.37. The third-order valence-corrected chi connectivity index (χ3v) is 3.73. The van der Waals surface area contributed by atoms with Gasteiger partial charge in [-0.25, -0.2) is 9.18 Å². The summed E-state index contributed by atoms with van der Waals surface area (Å²) < 4.78 is 14.0. The number of anilines is 2. The second-order valence-corrected chi connectivity index (χ2v) is 5.71. The molecule has 3 rings (SSSR count). The molecule has 0 saturated heterocycles. The van der Waals surface area contributed by atoms with Gasteiger partial charge in [0, 0.05) is 17.1 Å². The van der Waals surface area contributed by atoms with Crippen LogP contribution in [0, 0.1) is 12.7 Å². The van der Waals surface area contributed by atoms with Crippen molar-refractivity contribution in [2.45, 2.75) is 6.92 Å². The van der Waals surface area contributed by atoms with Crippen LogP contribution < -0.4 is 16.2 Å². The number of amides is 2. The SMILES string of the molecule is Cc1ccc(NC(=O)Nc2cc(F)c3[nH]c(=O)ccc3c2)c(Cl)c1. The number of urea groups is 1. The van der Waals surface area contributed by atoms with Crippen molar-refractivity contribution < 1.29 is 9.18 Å². The molecule has 0 aliphatic heterocycles. The molecular weight excluding hydrogens is 333 g/mol. The van der Waals surface area contributed by atoms with E-state index in [1.165, 1.54) is 12.1 Å². The molecule has 0 aliphatic carbocycles. The maximum Gasteiger partial charge on any atom is 0.323 e. The zero-order chi connectivity index (χ0) is 17.3. The first-order valence-corrected chi connectivity index (χ1v) is 7.47. The molecule has 3 N–H and O–H groups in total. The highest BCUT2D eigenvalue weighted by molar-refractivity contribution is 6.33. The largest absolute Gasteiger partial charge is 0.323 e. The van der Waals surface area contributed by atoms with E-state index in [1.807, 2.05) is 13.0 Å². The quantitative estimate of drug-likeness (QED) is 0.648. The van der Waals surface area contributed by atoms with Crippen LogP contribution in [0.25, 0.3) is 10.9 Å². The first-order valence-electron chi connectivity index (χ1n) is 7.09. The summed E-state index contributed by atoms with van der Waals surface area (Å²) in [5.74, 6) is -0.631. The fraction of sp³-hybridized carbons (Fsp3) is 0.0588. The predicted molar refractivity (Wildman–Crippen MR) is 93.4 cm³/mol. The smallest absolute Gasteiger partial charge is 0.319 e. The number of H-pyrrole nitrogens is 1. The van der Waals surface area contributed by atoms with Gasteiger partial charge in [0.05, 0.1) is 16.2 Å². The van der Waals surface area contributed by atoms with E-state index in [2.05, 4.69) is 15.6 Å². The van der Waals surface area contributed by atoms with Crippen molar-refractivity contribution in [1.29, 1.82) is 0 Å². The van der Waals surface area contributed by atoms with Gasteiger partial charge in [0.25, 0.3) is 0 Å². The van der Waals surface area contributed by atoms with E-state index in [0.29, 0.717) is 16.1 Å². The Bertz CT molecular complexity index is 1000. The Morgan fingerprint density at radius 3 is 2.67 bits per heavy atom. The number of carbonyl (C=O) groups is 1. The van der Waals surface area contributed by atoms with Crippen LogP contribution in [-0.2, 0) is 0 Å². The van der Waals surface area contributed by atoms with Crippen molar-refractivity contribution in [2.75, 3.05) is 10.6 Å². The molecule has 3 aromatic rings. The molecular formula is C17H13ClFN3O2. The van der Waals surface area contributed by atoms with Crippen molar-refractivity contribution >= 4 is 39.9 Å². The van der Waals surface area contributed by atoms with E-state index < -0.39 is 17.4 Å². The molecule has 1 heterocycles. The van der Waals surface area contributed by atoms with Gasteiger partial charge in [0.1, 0.15) is 5.82 Å². The second kappa shape index (κ2) is 6.33. The number of aryl methyl sites for hydroxylation is 1. The van der Waals surface area contributed by atoms with E-state index in [4.69, 9.17) is 11.6 Å². The maximum absolute atomic E-state index is 14.0. The predicted octanol–water partition coefficient (Wildman–Crippen LogP) is 4.27. The van der Waals surface area contributed by atoms with Gasteiger partial charge in [-0.15, -0.1) is 0 Å². The molecule has 2 aromatic carbocycles. The second-order valence-electron chi connectivity index (χ2n) is 5.31. The minimum Gasteiger partial charge on any atom is -0.319 e. The van der Waals surface area contributed by atoms with Crippen LogP contribution in [0.2, 0.25) is 5.02 Å². The molecule has 0 unspecified atom stereocenters. The zero-order valence-electron chi connectivity index (χ0n) is 12.6. The van der Waals surface area contributed by atoms with E-state index in [-0.39, 0.29) is 11.2 Å². The van der Waals surface area contributed by atoms with Crippen LogP contribution in [-0.4, -0.2) is 11.0 Å². The molecule has 0 radical (unpaired) electrons. The average molecular weight is 346 g/mol. The molecule has 1 aromatic heterocycles. The van der Waals surface area contributed by atoms with Gasteiger partial charge in [0.15, 0.2) is 0 Å². The summed E-state index contributed by atoms with van der Waals surface area (Å²) in [7, 11) is 0. The third-order valence-electron chi connectivity index (χ3n) is 3.41. The minimum atomic E-state index is -0.631. The van der Waals surface area contributed by atoms with Gasteiger partial charge < -0.3 is 15.6 Å². The topological polar surface area (TPSA) is 74.0 Å². The number of hydrogen-bond donors (Lipinski definition) is 3. The van der Waals surface area contributed by atoms with E-state index in [9.17, 15) is 14.0 Å². The Hall–Kier alpha value is -2.86. The number of aromatic amines is 1. The fourth-order valence-corrected chi connectivity index (χ4v) is 2.58. The monoisotopic (exact) mass is 345 g/mol. The van der Waals surface area contributed by atoms with Gasteiger partial charge in [-0.1, -0.05) is 17.7 Å². The van der Waals surface area contributed by atoms with E-state index >= 15 is 0 Å². The third kappa shape index (κ3) is 3.38. The zero-order valence-corrected chi connectivity index (χ0v) is 13.4. The normalized spacial score (nSPS) is 10.6. The molecule has 0 aliphatic rings. The number of rotatable bonds is 2. The van der Waals surface area contributed by atoms with Gasteiger partial charge >= 0.3 is 6.03 Å². The summed E-state index contributed by atoms with van der Waals surface area (Å²) in [6.07, 6.45) is 0. The number of carbonyl (C=O) groups excluding carboxylic acids is 1. The van der Waals surface area contributed by atoms with Gasteiger partial charge in [0.2, 0.25) is 5.56 Å². The molecule has 5 nitrogen and oxygen atoms in total. The molecule has 0 spiro atoms. The highest BCUT2D eigenvalue weighted by atomic mass is 35.5. The van der Waals surface area contributed by atoms with Gasteiger partial charge in [-0.2, -0.15) is 0 Å². The summed E-state index contributed by atoms with van der Waals surface area (Å²) >= 11 is 6.06. The summed E-state index contributed by atoms with van der Waals surface area (Å²) in [6.45, 7) is 1.89. The summed E-state index contributed by atoms with van der Waals surface area (Å²) in [4.78, 5) is 25.7. The molecule has 0 bridgehead atoms. The fourth-order valence-electron chi connectivity index (χ4n) is 2.30. The molecule has 122 valence electrons.